The van der Waals surface area contributed by atoms with E-state index >= 15 is 0 Å². The zero-order chi connectivity index (χ0) is 16.0. The minimum Gasteiger partial charge on any atom is -0.493 e. The highest BCUT2D eigenvalue weighted by Crippen LogP contribution is 2.29. The van der Waals surface area contributed by atoms with Gasteiger partial charge in [-0.3, -0.25) is 4.79 Å². The highest BCUT2D eigenvalue weighted by molar-refractivity contribution is 5.97. The van der Waals surface area contributed by atoms with Crippen LogP contribution in [0.3, 0.4) is 0 Å². The molecule has 0 saturated heterocycles. The van der Waals surface area contributed by atoms with E-state index < -0.39 is 17.9 Å². The van der Waals surface area contributed by atoms with Crippen LogP contribution in [0, 0.1) is 0 Å². The summed E-state index contributed by atoms with van der Waals surface area (Å²) in [6.45, 7) is 5.47. The second kappa shape index (κ2) is 7.52. The van der Waals surface area contributed by atoms with Gasteiger partial charge >= 0.3 is 5.97 Å². The van der Waals surface area contributed by atoms with Gasteiger partial charge in [-0.25, -0.2) is 4.79 Å². The van der Waals surface area contributed by atoms with Gasteiger partial charge in [0.1, 0.15) is 6.04 Å². The van der Waals surface area contributed by atoms with Crippen molar-refractivity contribution in [1.29, 1.82) is 0 Å². The topological polar surface area (TPSA) is 84.9 Å². The van der Waals surface area contributed by atoms with Crippen LogP contribution in [0.5, 0.6) is 11.5 Å². The SMILES string of the molecule is CCC(NC(=O)c1ccc(OC(C)C)c(OC)c1)C(=O)O. The summed E-state index contributed by atoms with van der Waals surface area (Å²) in [5.74, 6) is -0.551. The fraction of sp³-hybridized carbons (Fsp3) is 0.467. The Hall–Kier alpha value is -2.24. The summed E-state index contributed by atoms with van der Waals surface area (Å²) in [4.78, 5) is 23.0. The van der Waals surface area contributed by atoms with Gasteiger partial charge in [0.2, 0.25) is 0 Å². The molecule has 2 N–H and O–H groups in total. The van der Waals surface area contributed by atoms with Crippen molar-refractivity contribution < 1.29 is 24.2 Å². The molecule has 0 heterocycles. The fourth-order valence-electron chi connectivity index (χ4n) is 1.74. The standard InChI is InChI=1S/C15H21NO5/c1-5-11(15(18)19)16-14(17)10-6-7-12(21-9(2)3)13(8-10)20-4/h6-9,11H,5H2,1-4H3,(H,16,17)(H,18,19). The van der Waals surface area contributed by atoms with Crippen molar-refractivity contribution >= 4 is 11.9 Å². The summed E-state index contributed by atoms with van der Waals surface area (Å²) in [5.41, 5.74) is 0.322. The number of benzene rings is 1. The van der Waals surface area contributed by atoms with Crippen LogP contribution in [-0.4, -0.2) is 36.2 Å². The maximum Gasteiger partial charge on any atom is 0.326 e. The van der Waals surface area contributed by atoms with E-state index in [-0.39, 0.29) is 6.10 Å². The molecule has 1 aromatic rings. The Balaban J connectivity index is 2.93. The van der Waals surface area contributed by atoms with E-state index in [1.54, 1.807) is 19.1 Å². The predicted molar refractivity (Wildman–Crippen MR) is 77.9 cm³/mol. The molecule has 6 nitrogen and oxygen atoms in total. The Morgan fingerprint density at radius 3 is 2.43 bits per heavy atom. The molecule has 0 fully saturated rings. The van der Waals surface area contributed by atoms with Crippen LogP contribution in [0.25, 0.3) is 0 Å². The highest BCUT2D eigenvalue weighted by atomic mass is 16.5. The van der Waals surface area contributed by atoms with E-state index in [9.17, 15) is 9.59 Å². The predicted octanol–water partition coefficient (Wildman–Crippen LogP) is 2.08. The molecule has 1 atom stereocenters. The smallest absolute Gasteiger partial charge is 0.326 e. The average Bonchev–Trinajstić information content (AvgIpc) is 2.43. The van der Waals surface area contributed by atoms with Crippen LogP contribution in [0.4, 0.5) is 0 Å². The summed E-state index contributed by atoms with van der Waals surface area (Å²) in [6.07, 6.45) is 0.294. The molecular formula is C15H21NO5. The molecule has 0 spiro atoms. The van der Waals surface area contributed by atoms with Crippen LogP contribution in [0.15, 0.2) is 18.2 Å². The minimum atomic E-state index is -1.06. The largest absolute Gasteiger partial charge is 0.493 e. The zero-order valence-electron chi connectivity index (χ0n) is 12.7. The van der Waals surface area contributed by atoms with Crippen molar-refractivity contribution in [2.24, 2.45) is 0 Å². The molecule has 0 aliphatic heterocycles. The molecule has 0 saturated carbocycles. The number of rotatable bonds is 7. The van der Waals surface area contributed by atoms with E-state index in [1.807, 2.05) is 13.8 Å². The third-order valence-electron chi connectivity index (χ3n) is 2.80. The third kappa shape index (κ3) is 4.66. The Morgan fingerprint density at radius 2 is 1.95 bits per heavy atom. The van der Waals surface area contributed by atoms with Gasteiger partial charge in [-0.1, -0.05) is 6.92 Å². The molecule has 116 valence electrons. The van der Waals surface area contributed by atoms with Crippen LogP contribution >= 0.6 is 0 Å². The second-order valence-electron chi connectivity index (χ2n) is 4.80. The minimum absolute atomic E-state index is 0.0185. The number of amides is 1. The quantitative estimate of drug-likeness (QED) is 0.804. The van der Waals surface area contributed by atoms with E-state index in [0.717, 1.165) is 0 Å². The van der Waals surface area contributed by atoms with Gasteiger partial charge in [0.15, 0.2) is 11.5 Å². The van der Waals surface area contributed by atoms with E-state index in [0.29, 0.717) is 23.5 Å². The van der Waals surface area contributed by atoms with Crippen molar-refractivity contribution in [3.05, 3.63) is 23.8 Å². The number of hydrogen-bond acceptors (Lipinski definition) is 4. The van der Waals surface area contributed by atoms with Crippen molar-refractivity contribution in [1.82, 2.24) is 5.32 Å². The summed E-state index contributed by atoms with van der Waals surface area (Å²) in [7, 11) is 1.48. The van der Waals surface area contributed by atoms with Crippen LogP contribution in [0.2, 0.25) is 0 Å². The Bertz CT molecular complexity index is 513. The molecule has 21 heavy (non-hydrogen) atoms. The lowest BCUT2D eigenvalue weighted by molar-refractivity contribution is -0.139. The molecule has 1 rings (SSSR count). The summed E-state index contributed by atoms with van der Waals surface area (Å²) in [5, 5.41) is 11.4. The van der Waals surface area contributed by atoms with E-state index in [2.05, 4.69) is 5.32 Å². The number of carboxylic acids is 1. The number of carbonyl (C=O) groups is 2. The van der Waals surface area contributed by atoms with Gasteiger partial charge in [-0.05, 0) is 38.5 Å². The van der Waals surface area contributed by atoms with E-state index in [4.69, 9.17) is 14.6 Å². The zero-order valence-corrected chi connectivity index (χ0v) is 12.7. The summed E-state index contributed by atoms with van der Waals surface area (Å²) >= 11 is 0. The Kier molecular flexibility index (Phi) is 6.02. The van der Waals surface area contributed by atoms with Crippen LogP contribution in [0.1, 0.15) is 37.6 Å². The number of aliphatic carboxylic acids is 1. The van der Waals surface area contributed by atoms with Gasteiger partial charge < -0.3 is 19.9 Å². The molecule has 0 aliphatic carbocycles. The Morgan fingerprint density at radius 1 is 1.29 bits per heavy atom. The number of nitrogens with one attached hydrogen (secondary N) is 1. The van der Waals surface area contributed by atoms with Gasteiger partial charge in [-0.2, -0.15) is 0 Å². The first-order valence-corrected chi connectivity index (χ1v) is 6.77. The molecule has 0 radical (unpaired) electrons. The number of ether oxygens (including phenoxy) is 2. The lowest BCUT2D eigenvalue weighted by Gasteiger charge is -2.16. The molecule has 1 aromatic carbocycles. The monoisotopic (exact) mass is 295 g/mol. The van der Waals surface area contributed by atoms with Crippen LogP contribution in [-0.2, 0) is 4.79 Å². The van der Waals surface area contributed by atoms with Crippen molar-refractivity contribution in [3.63, 3.8) is 0 Å². The van der Waals surface area contributed by atoms with Gasteiger partial charge in [0, 0.05) is 5.56 Å². The first-order valence-electron chi connectivity index (χ1n) is 6.77. The summed E-state index contributed by atoms with van der Waals surface area (Å²) in [6, 6.07) is 3.83. The average molecular weight is 295 g/mol. The maximum atomic E-state index is 12.0. The van der Waals surface area contributed by atoms with E-state index in [1.165, 1.54) is 13.2 Å². The number of methoxy groups -OCH3 is 1. The molecule has 1 unspecified atom stereocenters. The fourth-order valence-corrected chi connectivity index (χ4v) is 1.74. The van der Waals surface area contributed by atoms with Gasteiger partial charge in [0.25, 0.3) is 5.91 Å². The maximum absolute atomic E-state index is 12.0. The first-order chi connectivity index (χ1) is 9.88. The molecule has 0 bridgehead atoms. The number of carbonyl (C=O) groups excluding carboxylic acids is 1. The number of hydrogen-bond donors (Lipinski definition) is 2. The Labute approximate surface area is 124 Å². The number of carboxylic acid groups (broad SMARTS) is 1. The van der Waals surface area contributed by atoms with Gasteiger partial charge in [0.05, 0.1) is 13.2 Å². The third-order valence-corrected chi connectivity index (χ3v) is 2.80. The van der Waals surface area contributed by atoms with Gasteiger partial charge in [-0.15, -0.1) is 0 Å². The van der Waals surface area contributed by atoms with Crippen molar-refractivity contribution in [3.8, 4) is 11.5 Å². The lowest BCUT2D eigenvalue weighted by atomic mass is 10.1. The molecule has 6 heteroatoms. The van der Waals surface area contributed by atoms with Crippen molar-refractivity contribution in [2.45, 2.75) is 39.3 Å². The second-order valence-corrected chi connectivity index (χ2v) is 4.80. The lowest BCUT2D eigenvalue weighted by Crippen LogP contribution is -2.40. The summed E-state index contributed by atoms with van der Waals surface area (Å²) < 4.78 is 10.8. The van der Waals surface area contributed by atoms with Crippen LogP contribution < -0.4 is 14.8 Å². The molecular weight excluding hydrogens is 274 g/mol. The normalized spacial score (nSPS) is 11.9. The first kappa shape index (κ1) is 16.8. The van der Waals surface area contributed by atoms with Crippen molar-refractivity contribution in [2.75, 3.05) is 7.11 Å². The molecule has 0 aliphatic rings. The molecule has 1 amide bonds. The molecule has 0 aromatic heterocycles. The highest BCUT2D eigenvalue weighted by Gasteiger charge is 2.19.